The van der Waals surface area contributed by atoms with E-state index in [0.717, 1.165) is 12.3 Å². The van der Waals surface area contributed by atoms with Crippen molar-refractivity contribution in [1.29, 1.82) is 0 Å². The summed E-state index contributed by atoms with van der Waals surface area (Å²) in [6.45, 7) is 6.66. The third-order valence-corrected chi connectivity index (χ3v) is 2.99. The summed E-state index contributed by atoms with van der Waals surface area (Å²) in [5.41, 5.74) is 0. The lowest BCUT2D eigenvalue weighted by molar-refractivity contribution is 0.0266. The van der Waals surface area contributed by atoms with Gasteiger partial charge in [-0.05, 0) is 30.6 Å². The molecule has 1 saturated carbocycles. The first-order valence-electron chi connectivity index (χ1n) is 5.57. The Morgan fingerprint density at radius 1 is 1.19 bits per heavy atom. The smallest absolute Gasteiger partial charge is 0.393 e. The van der Waals surface area contributed by atoms with Gasteiger partial charge in [0.05, 0.1) is 6.10 Å². The fourth-order valence-corrected chi connectivity index (χ4v) is 2.15. The van der Waals surface area contributed by atoms with Gasteiger partial charge in [-0.2, -0.15) is 0 Å². The highest BCUT2D eigenvalue weighted by atomic mass is 31.2. The van der Waals surface area contributed by atoms with Crippen molar-refractivity contribution in [2.45, 2.75) is 46.1 Å². The Labute approximate surface area is 96.8 Å². The van der Waals surface area contributed by atoms with Crippen LogP contribution >= 0.6 is 7.82 Å². The van der Waals surface area contributed by atoms with Crippen molar-refractivity contribution in [1.82, 2.24) is 0 Å². The zero-order valence-corrected chi connectivity index (χ0v) is 11.0. The van der Waals surface area contributed by atoms with Crippen LogP contribution in [0.25, 0.3) is 0 Å². The van der Waals surface area contributed by atoms with E-state index in [1.165, 1.54) is 12.8 Å². The Hall–Kier alpha value is 0.0700. The average molecular weight is 254 g/mol. The van der Waals surface area contributed by atoms with Crippen molar-refractivity contribution in [2.24, 2.45) is 17.8 Å². The van der Waals surface area contributed by atoms with Gasteiger partial charge in [-0.15, -0.1) is 0 Å². The third-order valence-electron chi connectivity index (χ3n) is 2.99. The lowest BCUT2D eigenvalue weighted by Crippen LogP contribution is -2.31. The third kappa shape index (κ3) is 8.25. The van der Waals surface area contributed by atoms with Gasteiger partial charge in [-0.25, -0.2) is 4.57 Å². The van der Waals surface area contributed by atoms with E-state index < -0.39 is 7.82 Å². The van der Waals surface area contributed by atoms with Crippen LogP contribution in [0.4, 0.5) is 0 Å². The molecule has 1 fully saturated rings. The molecule has 0 aromatic heterocycles. The lowest BCUT2D eigenvalue weighted by atomic mass is 9.75. The molecular weight excluding hydrogens is 231 g/mol. The van der Waals surface area contributed by atoms with E-state index >= 15 is 0 Å². The molecule has 1 rings (SSSR count). The first-order chi connectivity index (χ1) is 7.11. The summed E-state index contributed by atoms with van der Waals surface area (Å²) in [6, 6.07) is 0. The van der Waals surface area contributed by atoms with Crippen LogP contribution in [0.15, 0.2) is 0 Å². The van der Waals surface area contributed by atoms with Crippen LogP contribution in [0, 0.1) is 17.8 Å². The van der Waals surface area contributed by atoms with Gasteiger partial charge in [-0.1, -0.05) is 27.2 Å². The van der Waals surface area contributed by atoms with Crippen molar-refractivity contribution >= 4 is 7.82 Å². The molecule has 0 saturated heterocycles. The number of rotatable bonds is 1. The van der Waals surface area contributed by atoms with Crippen LogP contribution in [-0.4, -0.2) is 25.9 Å². The van der Waals surface area contributed by atoms with Crippen LogP contribution < -0.4 is 0 Å². The van der Waals surface area contributed by atoms with Gasteiger partial charge in [0.25, 0.3) is 0 Å². The maximum atomic E-state index is 9.71. The Bertz CT molecular complexity index is 229. The van der Waals surface area contributed by atoms with Crippen LogP contribution in [0.5, 0.6) is 0 Å². The highest BCUT2D eigenvalue weighted by Crippen LogP contribution is 2.33. The van der Waals surface area contributed by atoms with Crippen molar-refractivity contribution in [3.8, 4) is 0 Å². The fraction of sp³-hybridized carbons (Fsp3) is 1.00. The molecule has 1 aliphatic rings. The molecule has 0 aromatic carbocycles. The highest BCUT2D eigenvalue weighted by molar-refractivity contribution is 7.45. The maximum Gasteiger partial charge on any atom is 0.466 e. The molecule has 3 unspecified atom stereocenters. The second-order valence-corrected chi connectivity index (χ2v) is 5.93. The molecule has 6 heteroatoms. The molecular formula is C10H23O5P. The molecule has 5 nitrogen and oxygen atoms in total. The molecule has 4 N–H and O–H groups in total. The zero-order chi connectivity index (χ0) is 12.9. The molecule has 0 aromatic rings. The van der Waals surface area contributed by atoms with Gasteiger partial charge in [0.15, 0.2) is 0 Å². The number of aliphatic hydroxyl groups is 1. The highest BCUT2D eigenvalue weighted by Gasteiger charge is 2.28. The van der Waals surface area contributed by atoms with Gasteiger partial charge in [0.1, 0.15) is 0 Å². The molecule has 0 radical (unpaired) electrons. The van der Waals surface area contributed by atoms with Gasteiger partial charge in [0.2, 0.25) is 0 Å². The molecule has 0 aliphatic heterocycles. The van der Waals surface area contributed by atoms with Crippen molar-refractivity contribution in [2.75, 3.05) is 0 Å². The molecule has 1 aliphatic carbocycles. The van der Waals surface area contributed by atoms with Gasteiger partial charge in [-0.3, -0.25) is 0 Å². The zero-order valence-electron chi connectivity index (χ0n) is 10.1. The van der Waals surface area contributed by atoms with E-state index in [1.807, 2.05) is 0 Å². The van der Waals surface area contributed by atoms with Crippen LogP contribution in [0.2, 0.25) is 0 Å². The Morgan fingerprint density at radius 2 is 1.62 bits per heavy atom. The van der Waals surface area contributed by atoms with Crippen LogP contribution in [0.3, 0.4) is 0 Å². The lowest BCUT2D eigenvalue weighted by Gasteiger charge is -2.33. The quantitative estimate of drug-likeness (QED) is 0.532. The number of hydrogen-bond donors (Lipinski definition) is 4. The number of hydrogen-bond acceptors (Lipinski definition) is 2. The van der Waals surface area contributed by atoms with Crippen molar-refractivity contribution in [3.63, 3.8) is 0 Å². The van der Waals surface area contributed by atoms with Crippen molar-refractivity contribution in [3.05, 3.63) is 0 Å². The topological polar surface area (TPSA) is 98.0 Å². The Kier molecular flexibility index (Phi) is 6.75. The van der Waals surface area contributed by atoms with Gasteiger partial charge >= 0.3 is 7.82 Å². The first kappa shape index (κ1) is 16.1. The Morgan fingerprint density at radius 3 is 1.94 bits per heavy atom. The van der Waals surface area contributed by atoms with Crippen molar-refractivity contribution < 1.29 is 24.4 Å². The molecule has 3 atom stereocenters. The summed E-state index contributed by atoms with van der Waals surface area (Å²) in [6.07, 6.45) is 3.52. The maximum absolute atomic E-state index is 9.71. The van der Waals surface area contributed by atoms with E-state index in [2.05, 4.69) is 20.8 Å². The normalized spacial score (nSPS) is 30.9. The summed E-state index contributed by atoms with van der Waals surface area (Å²) >= 11 is 0. The van der Waals surface area contributed by atoms with E-state index in [1.54, 1.807) is 0 Å². The standard InChI is InChI=1S/C10H20O.H3O4P/c1-7(2)9-5-4-8(3)6-10(9)11;1-5(2,3)4/h7-11H,4-6H2,1-3H3;(H3,1,2,3,4). The summed E-state index contributed by atoms with van der Waals surface area (Å²) < 4.78 is 8.88. The molecule has 98 valence electrons. The van der Waals surface area contributed by atoms with E-state index in [-0.39, 0.29) is 6.10 Å². The van der Waals surface area contributed by atoms with E-state index in [9.17, 15) is 5.11 Å². The molecule has 0 spiro atoms. The summed E-state index contributed by atoms with van der Waals surface area (Å²) in [4.78, 5) is 21.6. The minimum absolute atomic E-state index is 0.0289. The largest absolute Gasteiger partial charge is 0.466 e. The second kappa shape index (κ2) is 6.72. The number of phosphoric acid groups is 1. The Balaban J connectivity index is 0.000000385. The van der Waals surface area contributed by atoms with Crippen LogP contribution in [-0.2, 0) is 4.57 Å². The monoisotopic (exact) mass is 254 g/mol. The minimum atomic E-state index is -4.64. The summed E-state index contributed by atoms with van der Waals surface area (Å²) in [5.74, 6) is 1.95. The van der Waals surface area contributed by atoms with E-state index in [4.69, 9.17) is 19.2 Å². The van der Waals surface area contributed by atoms with E-state index in [0.29, 0.717) is 11.8 Å². The molecule has 0 bridgehead atoms. The average Bonchev–Trinajstić information content (AvgIpc) is 1.99. The van der Waals surface area contributed by atoms with Crippen LogP contribution in [0.1, 0.15) is 40.0 Å². The summed E-state index contributed by atoms with van der Waals surface area (Å²) in [7, 11) is -4.64. The number of aliphatic hydroxyl groups excluding tert-OH is 1. The molecule has 0 heterocycles. The molecule has 16 heavy (non-hydrogen) atoms. The molecule has 0 amide bonds. The fourth-order valence-electron chi connectivity index (χ4n) is 2.15. The summed E-state index contributed by atoms with van der Waals surface area (Å²) in [5, 5.41) is 9.71. The minimum Gasteiger partial charge on any atom is -0.393 e. The second-order valence-electron chi connectivity index (χ2n) is 4.91. The van der Waals surface area contributed by atoms with Gasteiger partial charge < -0.3 is 19.8 Å². The SMILES string of the molecule is CC1CCC(C(C)C)C(O)C1.O=P(O)(O)O. The predicted octanol–water partition coefficient (Wildman–Crippen LogP) is 1.51. The first-order valence-corrected chi connectivity index (χ1v) is 7.14. The predicted molar refractivity (Wildman–Crippen MR) is 61.6 cm³/mol. The van der Waals surface area contributed by atoms with Gasteiger partial charge in [0, 0.05) is 0 Å².